The molecule has 0 unspecified atom stereocenters. The van der Waals surface area contributed by atoms with E-state index in [1.807, 2.05) is 0 Å². The van der Waals surface area contributed by atoms with Crippen LogP contribution in [0.25, 0.3) is 0 Å². The van der Waals surface area contributed by atoms with Crippen molar-refractivity contribution in [2.75, 3.05) is 0 Å². The van der Waals surface area contributed by atoms with E-state index in [9.17, 15) is 12.8 Å². The molecule has 3 nitrogen and oxygen atoms in total. The normalized spacial score (nSPS) is 12.4. The minimum atomic E-state index is -3.73. The molecule has 2 aromatic rings. The van der Waals surface area contributed by atoms with Gasteiger partial charge in [0.25, 0.3) is 0 Å². The highest BCUT2D eigenvalue weighted by molar-refractivity contribution is 7.89. The minimum Gasteiger partial charge on any atom is -0.207 e. The van der Waals surface area contributed by atoms with E-state index in [4.69, 9.17) is 11.6 Å². The van der Waals surface area contributed by atoms with Crippen molar-refractivity contribution in [2.24, 2.45) is 0 Å². The Morgan fingerprint density at radius 3 is 2.29 bits per heavy atom. The Hall–Kier alpha value is -1.43. The van der Waals surface area contributed by atoms with Crippen LogP contribution < -0.4 is 4.72 Å². The molecule has 0 spiro atoms. The third kappa shape index (κ3) is 3.81. The molecule has 0 aromatic heterocycles. The van der Waals surface area contributed by atoms with Gasteiger partial charge in [-0.25, -0.2) is 17.5 Å². The van der Waals surface area contributed by atoms with E-state index < -0.39 is 15.6 Å². The van der Waals surface area contributed by atoms with Crippen molar-refractivity contribution in [1.82, 2.24) is 4.72 Å². The van der Waals surface area contributed by atoms with Gasteiger partial charge in [0.2, 0.25) is 10.0 Å². The highest BCUT2D eigenvalue weighted by atomic mass is 35.5. The van der Waals surface area contributed by atoms with E-state index in [1.54, 1.807) is 38.1 Å². The summed E-state index contributed by atoms with van der Waals surface area (Å²) in [6, 6.07) is 11.7. The summed E-state index contributed by atoms with van der Waals surface area (Å²) in [6.07, 6.45) is 0. The quantitative estimate of drug-likeness (QED) is 0.930. The first-order valence-electron chi connectivity index (χ1n) is 6.26. The molecule has 2 aromatic carbocycles. The smallest absolute Gasteiger partial charge is 0.207 e. The lowest BCUT2D eigenvalue weighted by molar-refractivity contribution is 0.471. The second kappa shape index (κ2) is 5.75. The molecule has 112 valence electrons. The number of sulfonamides is 1. The highest BCUT2D eigenvalue weighted by Crippen LogP contribution is 2.24. The van der Waals surface area contributed by atoms with Crippen LogP contribution in [-0.4, -0.2) is 8.42 Å². The molecule has 0 radical (unpaired) electrons. The van der Waals surface area contributed by atoms with Gasteiger partial charge in [-0.1, -0.05) is 29.8 Å². The fourth-order valence-corrected chi connectivity index (χ4v) is 3.66. The van der Waals surface area contributed by atoms with E-state index in [0.717, 1.165) is 0 Å². The zero-order valence-electron chi connectivity index (χ0n) is 11.6. The maximum Gasteiger partial charge on any atom is 0.241 e. The van der Waals surface area contributed by atoms with Gasteiger partial charge in [-0.3, -0.25) is 0 Å². The van der Waals surface area contributed by atoms with Crippen LogP contribution in [0.1, 0.15) is 19.4 Å². The zero-order valence-corrected chi connectivity index (χ0v) is 13.2. The molecule has 0 heterocycles. The number of benzene rings is 2. The van der Waals surface area contributed by atoms with Gasteiger partial charge in [-0.2, -0.15) is 0 Å². The Morgan fingerprint density at radius 1 is 1.10 bits per heavy atom. The maximum atomic E-state index is 13.0. The van der Waals surface area contributed by atoms with Gasteiger partial charge in [0, 0.05) is 5.02 Å². The molecule has 0 aliphatic carbocycles. The van der Waals surface area contributed by atoms with Crippen molar-refractivity contribution < 1.29 is 12.8 Å². The van der Waals surface area contributed by atoms with Crippen LogP contribution in [0.5, 0.6) is 0 Å². The van der Waals surface area contributed by atoms with E-state index in [2.05, 4.69) is 4.72 Å². The van der Waals surface area contributed by atoms with Crippen molar-refractivity contribution in [3.8, 4) is 0 Å². The molecule has 0 aliphatic heterocycles. The third-order valence-corrected chi connectivity index (χ3v) is 4.95. The second-order valence-electron chi connectivity index (χ2n) is 5.19. The van der Waals surface area contributed by atoms with Crippen LogP contribution in [0.15, 0.2) is 53.4 Å². The van der Waals surface area contributed by atoms with E-state index in [-0.39, 0.29) is 10.7 Å². The molecule has 2 rings (SSSR count). The number of rotatable bonds is 4. The Kier molecular flexibility index (Phi) is 4.37. The standard InChI is InChI=1S/C15H15ClFNO2S/c1-15(2,11-6-8-13(17)9-7-11)18-21(19,20)14-5-3-4-12(16)10-14/h3-10,18H,1-2H3. The number of hydrogen-bond acceptors (Lipinski definition) is 2. The lowest BCUT2D eigenvalue weighted by atomic mass is 9.96. The van der Waals surface area contributed by atoms with Crippen molar-refractivity contribution in [1.29, 1.82) is 0 Å². The van der Waals surface area contributed by atoms with Crippen molar-refractivity contribution in [3.05, 3.63) is 64.9 Å². The fourth-order valence-electron chi connectivity index (χ4n) is 1.95. The molecular formula is C15H15ClFNO2S. The maximum absolute atomic E-state index is 13.0. The summed E-state index contributed by atoms with van der Waals surface area (Å²) >= 11 is 5.82. The molecule has 0 saturated heterocycles. The zero-order chi connectivity index (χ0) is 15.7. The fraction of sp³-hybridized carbons (Fsp3) is 0.200. The molecule has 0 atom stereocenters. The van der Waals surface area contributed by atoms with Crippen LogP contribution in [-0.2, 0) is 15.6 Å². The molecule has 0 fully saturated rings. The monoisotopic (exact) mass is 327 g/mol. The first kappa shape index (κ1) is 15.9. The lowest BCUT2D eigenvalue weighted by Crippen LogP contribution is -2.40. The van der Waals surface area contributed by atoms with E-state index in [1.165, 1.54) is 24.3 Å². The molecule has 0 saturated carbocycles. The summed E-state index contributed by atoms with van der Waals surface area (Å²) in [6.45, 7) is 3.42. The van der Waals surface area contributed by atoms with Gasteiger partial charge in [0.1, 0.15) is 5.82 Å². The largest absolute Gasteiger partial charge is 0.241 e. The minimum absolute atomic E-state index is 0.0881. The topological polar surface area (TPSA) is 46.2 Å². The highest BCUT2D eigenvalue weighted by Gasteiger charge is 2.28. The SMILES string of the molecule is CC(C)(NS(=O)(=O)c1cccc(Cl)c1)c1ccc(F)cc1. The lowest BCUT2D eigenvalue weighted by Gasteiger charge is -2.26. The Balaban J connectivity index is 2.32. The summed E-state index contributed by atoms with van der Waals surface area (Å²) < 4.78 is 40.4. The van der Waals surface area contributed by atoms with Crippen molar-refractivity contribution in [2.45, 2.75) is 24.3 Å². The molecule has 6 heteroatoms. The summed E-state index contributed by atoms with van der Waals surface area (Å²) in [5, 5.41) is 0.345. The summed E-state index contributed by atoms with van der Waals surface area (Å²) in [7, 11) is -3.73. The summed E-state index contributed by atoms with van der Waals surface area (Å²) in [5.74, 6) is -0.368. The number of hydrogen-bond donors (Lipinski definition) is 1. The van der Waals surface area contributed by atoms with Crippen LogP contribution in [0.2, 0.25) is 5.02 Å². The van der Waals surface area contributed by atoms with E-state index >= 15 is 0 Å². The Bertz CT molecular complexity index is 743. The third-order valence-electron chi connectivity index (χ3n) is 3.06. The first-order chi connectivity index (χ1) is 9.71. The Labute approximate surface area is 128 Å². The second-order valence-corrected chi connectivity index (χ2v) is 7.31. The predicted molar refractivity (Wildman–Crippen MR) is 81.2 cm³/mol. The van der Waals surface area contributed by atoms with Crippen LogP contribution in [0.3, 0.4) is 0 Å². The number of nitrogens with one attached hydrogen (secondary N) is 1. The van der Waals surface area contributed by atoms with Gasteiger partial charge in [0.05, 0.1) is 10.4 Å². The molecule has 0 aliphatic rings. The predicted octanol–water partition coefficient (Wildman–Crippen LogP) is 3.69. The number of halogens is 2. The summed E-state index contributed by atoms with van der Waals surface area (Å²) in [5.41, 5.74) is -0.219. The van der Waals surface area contributed by atoms with Crippen molar-refractivity contribution >= 4 is 21.6 Å². The van der Waals surface area contributed by atoms with Gasteiger partial charge < -0.3 is 0 Å². The molecular weight excluding hydrogens is 313 g/mol. The van der Waals surface area contributed by atoms with Gasteiger partial charge >= 0.3 is 0 Å². The molecule has 0 amide bonds. The van der Waals surface area contributed by atoms with Crippen LogP contribution >= 0.6 is 11.6 Å². The van der Waals surface area contributed by atoms with E-state index in [0.29, 0.717) is 10.6 Å². The molecule has 0 bridgehead atoms. The molecule has 21 heavy (non-hydrogen) atoms. The van der Waals surface area contributed by atoms with Crippen LogP contribution in [0.4, 0.5) is 4.39 Å². The summed E-state index contributed by atoms with van der Waals surface area (Å²) in [4.78, 5) is 0.0881. The van der Waals surface area contributed by atoms with Crippen molar-refractivity contribution in [3.63, 3.8) is 0 Å². The Morgan fingerprint density at radius 2 is 1.71 bits per heavy atom. The van der Waals surface area contributed by atoms with Crippen LogP contribution in [0, 0.1) is 5.82 Å². The van der Waals surface area contributed by atoms with Gasteiger partial charge in [-0.15, -0.1) is 0 Å². The van der Waals surface area contributed by atoms with Gasteiger partial charge in [-0.05, 0) is 49.7 Å². The average Bonchev–Trinajstić information content (AvgIpc) is 2.38. The first-order valence-corrected chi connectivity index (χ1v) is 8.12. The average molecular weight is 328 g/mol. The van der Waals surface area contributed by atoms with Gasteiger partial charge in [0.15, 0.2) is 0 Å². The molecule has 1 N–H and O–H groups in total.